The second-order valence-corrected chi connectivity index (χ2v) is 7.46. The number of likely N-dealkylation sites (tertiary alicyclic amines) is 1. The van der Waals surface area contributed by atoms with Crippen LogP contribution in [0.15, 0.2) is 28.8 Å². The van der Waals surface area contributed by atoms with Gasteiger partial charge in [0.2, 0.25) is 11.8 Å². The summed E-state index contributed by atoms with van der Waals surface area (Å²) in [5.74, 6) is 1.79. The summed E-state index contributed by atoms with van der Waals surface area (Å²) < 4.78 is 18.8. The minimum absolute atomic E-state index is 0.0443. The van der Waals surface area contributed by atoms with E-state index in [9.17, 15) is 9.18 Å². The van der Waals surface area contributed by atoms with Crippen molar-refractivity contribution in [3.8, 4) is 0 Å². The number of rotatable bonds is 4. The molecule has 130 valence electrons. The van der Waals surface area contributed by atoms with Crippen molar-refractivity contribution < 1.29 is 13.7 Å². The zero-order valence-electron chi connectivity index (χ0n) is 13.9. The lowest BCUT2D eigenvalue weighted by Gasteiger charge is -2.22. The molecule has 25 heavy (non-hydrogen) atoms. The monoisotopic (exact) mass is 341 g/mol. The Labute approximate surface area is 145 Å². The summed E-state index contributed by atoms with van der Waals surface area (Å²) in [6, 6.07) is 6.52. The van der Waals surface area contributed by atoms with Gasteiger partial charge in [-0.3, -0.25) is 4.79 Å². The SMILES string of the molecule is O=C([C@@H]1C[C@@H]1c1cccc(F)c1)N1CCC[C@H]1c1noc(C2CC2)n1. The number of hydrogen-bond donors (Lipinski definition) is 0. The number of halogens is 1. The highest BCUT2D eigenvalue weighted by Gasteiger charge is 2.48. The minimum Gasteiger partial charge on any atom is -0.339 e. The zero-order chi connectivity index (χ0) is 17.0. The largest absolute Gasteiger partial charge is 0.339 e. The highest BCUT2D eigenvalue weighted by Crippen LogP contribution is 2.50. The third-order valence-corrected chi connectivity index (χ3v) is 5.60. The lowest BCUT2D eigenvalue weighted by molar-refractivity contribution is -0.133. The van der Waals surface area contributed by atoms with Gasteiger partial charge in [-0.05, 0) is 55.7 Å². The fourth-order valence-electron chi connectivity index (χ4n) is 3.96. The first-order valence-corrected chi connectivity index (χ1v) is 9.10. The highest BCUT2D eigenvalue weighted by molar-refractivity contribution is 5.83. The molecule has 0 unspecified atom stereocenters. The van der Waals surface area contributed by atoms with Crippen molar-refractivity contribution in [3.05, 3.63) is 47.4 Å². The molecule has 2 aromatic rings. The summed E-state index contributed by atoms with van der Waals surface area (Å²) in [4.78, 5) is 19.4. The molecule has 0 radical (unpaired) electrons. The van der Waals surface area contributed by atoms with E-state index in [1.54, 1.807) is 12.1 Å². The Bertz CT molecular complexity index is 817. The highest BCUT2D eigenvalue weighted by atomic mass is 19.1. The first-order valence-electron chi connectivity index (χ1n) is 9.10. The summed E-state index contributed by atoms with van der Waals surface area (Å²) in [5, 5.41) is 4.13. The third kappa shape index (κ3) is 2.73. The lowest BCUT2D eigenvalue weighted by atomic mass is 10.1. The van der Waals surface area contributed by atoms with Crippen LogP contribution in [0.1, 0.15) is 67.3 Å². The van der Waals surface area contributed by atoms with Gasteiger partial charge in [-0.15, -0.1) is 0 Å². The number of hydrogen-bond acceptors (Lipinski definition) is 4. The van der Waals surface area contributed by atoms with E-state index in [0.717, 1.165) is 50.1 Å². The molecule has 3 aliphatic rings. The molecule has 0 spiro atoms. The van der Waals surface area contributed by atoms with Crippen molar-refractivity contribution in [1.29, 1.82) is 0 Å². The first-order chi connectivity index (χ1) is 12.2. The first kappa shape index (κ1) is 15.0. The van der Waals surface area contributed by atoms with E-state index in [0.29, 0.717) is 11.7 Å². The Kier molecular flexibility index (Phi) is 3.40. The van der Waals surface area contributed by atoms with Gasteiger partial charge in [-0.2, -0.15) is 4.98 Å². The van der Waals surface area contributed by atoms with Crippen LogP contribution in [0, 0.1) is 11.7 Å². The summed E-state index contributed by atoms with van der Waals surface area (Å²) in [5.41, 5.74) is 0.921. The molecule has 1 aromatic heterocycles. The molecule has 5 rings (SSSR count). The molecule has 3 fully saturated rings. The van der Waals surface area contributed by atoms with Crippen molar-refractivity contribution in [2.45, 2.75) is 50.0 Å². The maximum atomic E-state index is 13.4. The van der Waals surface area contributed by atoms with E-state index in [2.05, 4.69) is 10.1 Å². The van der Waals surface area contributed by atoms with Crippen LogP contribution in [0.25, 0.3) is 0 Å². The maximum absolute atomic E-state index is 13.4. The van der Waals surface area contributed by atoms with E-state index in [4.69, 9.17) is 4.52 Å². The average Bonchev–Trinajstić information content (AvgIpc) is 3.51. The number of nitrogens with zero attached hydrogens (tertiary/aromatic N) is 3. The van der Waals surface area contributed by atoms with Crippen LogP contribution in [-0.2, 0) is 4.79 Å². The molecule has 6 heteroatoms. The molecule has 2 aliphatic carbocycles. The number of carbonyl (C=O) groups is 1. The quantitative estimate of drug-likeness (QED) is 0.853. The smallest absolute Gasteiger partial charge is 0.229 e. The molecule has 2 saturated carbocycles. The van der Waals surface area contributed by atoms with E-state index >= 15 is 0 Å². The standard InChI is InChI=1S/C19H20FN3O2/c20-13-4-1-3-12(9-13)14-10-15(14)19(24)23-8-2-5-16(23)17-21-18(25-22-17)11-6-7-11/h1,3-4,9,11,14-16H,2,5-8,10H2/t14-,15-,16+/m1/s1. The average molecular weight is 341 g/mol. The van der Waals surface area contributed by atoms with E-state index < -0.39 is 0 Å². The van der Waals surface area contributed by atoms with Gasteiger partial charge in [0.05, 0.1) is 6.04 Å². The molecular formula is C19H20FN3O2. The van der Waals surface area contributed by atoms with Gasteiger partial charge < -0.3 is 9.42 Å². The van der Waals surface area contributed by atoms with Crippen LogP contribution in [0.5, 0.6) is 0 Å². The molecule has 5 nitrogen and oxygen atoms in total. The van der Waals surface area contributed by atoms with Crippen LogP contribution in [0.3, 0.4) is 0 Å². The van der Waals surface area contributed by atoms with Crippen LogP contribution < -0.4 is 0 Å². The topological polar surface area (TPSA) is 59.2 Å². The van der Waals surface area contributed by atoms with Crippen molar-refractivity contribution in [3.63, 3.8) is 0 Å². The molecule has 0 bridgehead atoms. The molecule has 2 heterocycles. The second-order valence-electron chi connectivity index (χ2n) is 7.46. The Morgan fingerprint density at radius 3 is 2.96 bits per heavy atom. The molecule has 1 amide bonds. The number of benzene rings is 1. The fraction of sp³-hybridized carbons (Fsp3) is 0.526. The summed E-state index contributed by atoms with van der Waals surface area (Å²) in [6.45, 7) is 0.739. The van der Waals surface area contributed by atoms with E-state index in [1.807, 2.05) is 11.0 Å². The minimum atomic E-state index is -0.242. The number of amides is 1. The van der Waals surface area contributed by atoms with Gasteiger partial charge in [0.15, 0.2) is 5.82 Å². The Morgan fingerprint density at radius 1 is 1.28 bits per heavy atom. The summed E-state index contributed by atoms with van der Waals surface area (Å²) in [7, 11) is 0. The molecule has 3 atom stereocenters. The zero-order valence-corrected chi connectivity index (χ0v) is 13.9. The predicted octanol–water partition coefficient (Wildman–Crippen LogP) is 3.55. The van der Waals surface area contributed by atoms with Crippen molar-refractivity contribution in [1.82, 2.24) is 15.0 Å². The second kappa shape index (κ2) is 5.64. The maximum Gasteiger partial charge on any atom is 0.229 e. The van der Waals surface area contributed by atoms with Gasteiger partial charge in [0.1, 0.15) is 5.82 Å². The van der Waals surface area contributed by atoms with Crippen molar-refractivity contribution in [2.24, 2.45) is 5.92 Å². The molecule has 1 aliphatic heterocycles. The Hall–Kier alpha value is -2.24. The van der Waals surface area contributed by atoms with Crippen molar-refractivity contribution in [2.75, 3.05) is 6.54 Å². The Balaban J connectivity index is 1.31. The van der Waals surface area contributed by atoms with Gasteiger partial charge in [-0.25, -0.2) is 4.39 Å². The molecular weight excluding hydrogens is 321 g/mol. The van der Waals surface area contributed by atoms with Crippen LogP contribution >= 0.6 is 0 Å². The predicted molar refractivity (Wildman–Crippen MR) is 87.2 cm³/mol. The normalized spacial score (nSPS) is 28.4. The van der Waals surface area contributed by atoms with E-state index in [-0.39, 0.29) is 29.6 Å². The molecule has 1 aromatic carbocycles. The number of aromatic nitrogens is 2. The van der Waals surface area contributed by atoms with Gasteiger partial charge in [-0.1, -0.05) is 17.3 Å². The molecule has 1 saturated heterocycles. The van der Waals surface area contributed by atoms with E-state index in [1.165, 1.54) is 6.07 Å². The van der Waals surface area contributed by atoms with Crippen LogP contribution in [0.4, 0.5) is 4.39 Å². The van der Waals surface area contributed by atoms with Gasteiger partial charge in [0.25, 0.3) is 0 Å². The summed E-state index contributed by atoms with van der Waals surface area (Å²) in [6.07, 6.45) is 4.87. The van der Waals surface area contributed by atoms with Crippen LogP contribution in [0.2, 0.25) is 0 Å². The third-order valence-electron chi connectivity index (χ3n) is 5.60. The summed E-state index contributed by atoms with van der Waals surface area (Å²) >= 11 is 0. The fourth-order valence-corrected chi connectivity index (χ4v) is 3.96. The van der Waals surface area contributed by atoms with Crippen molar-refractivity contribution >= 4 is 5.91 Å². The lowest BCUT2D eigenvalue weighted by Crippen LogP contribution is -2.32. The van der Waals surface area contributed by atoms with Gasteiger partial charge >= 0.3 is 0 Å². The number of carbonyl (C=O) groups excluding carboxylic acids is 1. The Morgan fingerprint density at radius 2 is 2.16 bits per heavy atom. The van der Waals surface area contributed by atoms with Crippen LogP contribution in [-0.4, -0.2) is 27.5 Å². The molecule has 0 N–H and O–H groups in total. The van der Waals surface area contributed by atoms with Gasteiger partial charge in [0, 0.05) is 18.4 Å².